The molecule has 0 aliphatic carbocycles. The van der Waals surface area contributed by atoms with Gasteiger partial charge in [-0.3, -0.25) is 14.4 Å². The van der Waals surface area contributed by atoms with E-state index in [0.717, 1.165) is 64.2 Å². The molecule has 0 aliphatic rings. The zero-order chi connectivity index (χ0) is 34.5. The van der Waals surface area contributed by atoms with Gasteiger partial charge in [0.25, 0.3) is 0 Å². The number of rotatable bonds is 38. The number of aliphatic carboxylic acids is 1. The van der Waals surface area contributed by atoms with E-state index in [2.05, 4.69) is 19.2 Å². The summed E-state index contributed by atoms with van der Waals surface area (Å²) in [5, 5.41) is 11.1. The van der Waals surface area contributed by atoms with E-state index in [1.54, 1.807) is 0 Å². The Balaban J connectivity index is 4.11. The molecule has 2 N–H and O–H groups in total. The standard InChI is InChI=1S/C41H79NO5/c1-3-5-7-9-11-13-15-16-17-19-21-23-28-32-36-41(46)47-38(33-29-25-22-20-18-14-12-10-8-6-4-2)34-30-26-24-27-31-35-39(43)42-37-40(44)45/h38H,3-37H2,1-2H3,(H,42,43)(H,44,45). The third-order valence-corrected chi connectivity index (χ3v) is 9.53. The maximum atomic E-state index is 12.7. The minimum absolute atomic E-state index is 0.00983. The fourth-order valence-electron chi connectivity index (χ4n) is 6.46. The summed E-state index contributed by atoms with van der Waals surface area (Å²) in [7, 11) is 0. The molecule has 0 radical (unpaired) electrons. The average Bonchev–Trinajstić information content (AvgIpc) is 3.05. The summed E-state index contributed by atoms with van der Waals surface area (Å²) in [6.07, 6.45) is 40.8. The molecule has 0 saturated heterocycles. The second-order valence-corrected chi connectivity index (χ2v) is 14.3. The van der Waals surface area contributed by atoms with Gasteiger partial charge in [0, 0.05) is 12.8 Å². The van der Waals surface area contributed by atoms with Crippen LogP contribution in [0, 0.1) is 0 Å². The zero-order valence-corrected chi connectivity index (χ0v) is 31.4. The van der Waals surface area contributed by atoms with Gasteiger partial charge < -0.3 is 15.2 Å². The molecule has 1 unspecified atom stereocenters. The van der Waals surface area contributed by atoms with Crippen molar-refractivity contribution in [3.63, 3.8) is 0 Å². The molecular formula is C41H79NO5. The van der Waals surface area contributed by atoms with Gasteiger partial charge in [0.15, 0.2) is 0 Å². The van der Waals surface area contributed by atoms with Gasteiger partial charge in [-0.2, -0.15) is 0 Å². The molecule has 278 valence electrons. The normalized spacial score (nSPS) is 11.9. The Kier molecular flexibility index (Phi) is 36.0. The zero-order valence-electron chi connectivity index (χ0n) is 31.4. The maximum absolute atomic E-state index is 12.7. The molecule has 0 saturated carbocycles. The van der Waals surface area contributed by atoms with E-state index in [0.29, 0.717) is 12.8 Å². The first-order chi connectivity index (χ1) is 23.0. The average molecular weight is 666 g/mol. The molecule has 1 atom stereocenters. The van der Waals surface area contributed by atoms with E-state index < -0.39 is 5.97 Å². The molecule has 0 fully saturated rings. The third kappa shape index (κ3) is 37.1. The lowest BCUT2D eigenvalue weighted by Crippen LogP contribution is -2.28. The number of hydrogen-bond acceptors (Lipinski definition) is 4. The Bertz CT molecular complexity index is 697. The first-order valence-electron chi connectivity index (χ1n) is 20.7. The van der Waals surface area contributed by atoms with Crippen molar-refractivity contribution >= 4 is 17.8 Å². The molecule has 6 nitrogen and oxygen atoms in total. The van der Waals surface area contributed by atoms with Gasteiger partial charge in [-0.25, -0.2) is 0 Å². The van der Waals surface area contributed by atoms with Crippen LogP contribution in [-0.2, 0) is 19.1 Å². The fourth-order valence-corrected chi connectivity index (χ4v) is 6.46. The van der Waals surface area contributed by atoms with E-state index in [1.165, 1.54) is 141 Å². The molecular weight excluding hydrogens is 586 g/mol. The predicted octanol–water partition coefficient (Wildman–Crippen LogP) is 12.4. The lowest BCUT2D eigenvalue weighted by atomic mass is 10.0. The number of carbonyl (C=O) groups is 3. The Morgan fingerprint density at radius 3 is 1.15 bits per heavy atom. The van der Waals surface area contributed by atoms with Crippen molar-refractivity contribution in [2.75, 3.05) is 6.54 Å². The molecule has 0 heterocycles. The van der Waals surface area contributed by atoms with Crippen LogP contribution in [0.15, 0.2) is 0 Å². The number of carbonyl (C=O) groups excluding carboxylic acids is 2. The molecule has 0 aromatic carbocycles. The smallest absolute Gasteiger partial charge is 0.322 e. The second-order valence-electron chi connectivity index (χ2n) is 14.3. The molecule has 1 amide bonds. The maximum Gasteiger partial charge on any atom is 0.322 e. The van der Waals surface area contributed by atoms with Crippen LogP contribution in [-0.4, -0.2) is 35.6 Å². The Morgan fingerprint density at radius 1 is 0.468 bits per heavy atom. The van der Waals surface area contributed by atoms with Crippen LogP contribution in [0.1, 0.15) is 232 Å². The lowest BCUT2D eigenvalue weighted by Gasteiger charge is -2.18. The van der Waals surface area contributed by atoms with Crippen molar-refractivity contribution in [1.29, 1.82) is 0 Å². The highest BCUT2D eigenvalue weighted by atomic mass is 16.5. The highest BCUT2D eigenvalue weighted by Gasteiger charge is 2.14. The number of nitrogens with one attached hydrogen (secondary N) is 1. The number of esters is 1. The number of carboxylic acids is 1. The second kappa shape index (κ2) is 37.2. The van der Waals surface area contributed by atoms with Crippen LogP contribution in [0.5, 0.6) is 0 Å². The third-order valence-electron chi connectivity index (χ3n) is 9.53. The van der Waals surface area contributed by atoms with Crippen LogP contribution in [0.3, 0.4) is 0 Å². The molecule has 0 bridgehead atoms. The van der Waals surface area contributed by atoms with E-state index in [4.69, 9.17) is 9.84 Å². The summed E-state index contributed by atoms with van der Waals surface area (Å²) in [5.74, 6) is -1.21. The van der Waals surface area contributed by atoms with Gasteiger partial charge in [-0.05, 0) is 38.5 Å². The van der Waals surface area contributed by atoms with E-state index >= 15 is 0 Å². The monoisotopic (exact) mass is 666 g/mol. The largest absolute Gasteiger partial charge is 0.480 e. The minimum Gasteiger partial charge on any atom is -0.480 e. The minimum atomic E-state index is -1.01. The van der Waals surface area contributed by atoms with Gasteiger partial charge >= 0.3 is 11.9 Å². The number of hydrogen-bond donors (Lipinski definition) is 2. The van der Waals surface area contributed by atoms with Crippen molar-refractivity contribution in [3.8, 4) is 0 Å². The first kappa shape index (κ1) is 45.4. The molecule has 0 spiro atoms. The van der Waals surface area contributed by atoms with Crippen LogP contribution in [0.25, 0.3) is 0 Å². The molecule has 0 aromatic heterocycles. The van der Waals surface area contributed by atoms with Crippen molar-refractivity contribution in [2.45, 2.75) is 238 Å². The van der Waals surface area contributed by atoms with Crippen molar-refractivity contribution in [3.05, 3.63) is 0 Å². The summed E-state index contributed by atoms with van der Waals surface area (Å²) >= 11 is 0. The summed E-state index contributed by atoms with van der Waals surface area (Å²) in [4.78, 5) is 34.9. The van der Waals surface area contributed by atoms with Gasteiger partial charge in [-0.1, -0.05) is 181 Å². The predicted molar refractivity (Wildman–Crippen MR) is 199 cm³/mol. The number of ether oxygens (including phenoxy) is 1. The van der Waals surface area contributed by atoms with Crippen molar-refractivity contribution < 1.29 is 24.2 Å². The summed E-state index contributed by atoms with van der Waals surface area (Å²) < 4.78 is 6.02. The summed E-state index contributed by atoms with van der Waals surface area (Å²) in [6, 6.07) is 0. The lowest BCUT2D eigenvalue weighted by molar-refractivity contribution is -0.150. The summed E-state index contributed by atoms with van der Waals surface area (Å²) in [6.45, 7) is 4.24. The molecule has 0 aromatic rings. The Morgan fingerprint density at radius 2 is 0.787 bits per heavy atom. The fraction of sp³-hybridized carbons (Fsp3) is 0.927. The molecule has 47 heavy (non-hydrogen) atoms. The highest BCUT2D eigenvalue weighted by molar-refractivity contribution is 5.80. The topological polar surface area (TPSA) is 92.7 Å². The van der Waals surface area contributed by atoms with Gasteiger partial charge in [0.2, 0.25) is 5.91 Å². The quantitative estimate of drug-likeness (QED) is 0.0506. The molecule has 0 aliphatic heterocycles. The van der Waals surface area contributed by atoms with E-state index in [9.17, 15) is 14.4 Å². The van der Waals surface area contributed by atoms with E-state index in [-0.39, 0.29) is 24.5 Å². The highest BCUT2D eigenvalue weighted by Crippen LogP contribution is 2.19. The van der Waals surface area contributed by atoms with E-state index in [1.807, 2.05) is 0 Å². The van der Waals surface area contributed by atoms with Crippen molar-refractivity contribution in [1.82, 2.24) is 5.32 Å². The Hall–Kier alpha value is -1.59. The van der Waals surface area contributed by atoms with Crippen LogP contribution < -0.4 is 5.32 Å². The number of amides is 1. The number of carboxylic acid groups (broad SMARTS) is 1. The van der Waals surface area contributed by atoms with Gasteiger partial charge in [0.1, 0.15) is 12.6 Å². The first-order valence-corrected chi connectivity index (χ1v) is 20.7. The molecule has 0 rings (SSSR count). The Labute approximate surface area is 291 Å². The van der Waals surface area contributed by atoms with Crippen LogP contribution in [0.2, 0.25) is 0 Å². The SMILES string of the molecule is CCCCCCCCCCCCCCCCC(=O)OC(CCCCCCCCCCCCC)CCCCCCCC(=O)NCC(=O)O. The van der Waals surface area contributed by atoms with Gasteiger partial charge in [-0.15, -0.1) is 0 Å². The van der Waals surface area contributed by atoms with Gasteiger partial charge in [0.05, 0.1) is 0 Å². The number of unbranched alkanes of at least 4 members (excludes halogenated alkanes) is 27. The van der Waals surface area contributed by atoms with Crippen LogP contribution in [0.4, 0.5) is 0 Å². The molecule has 6 heteroatoms. The van der Waals surface area contributed by atoms with Crippen molar-refractivity contribution in [2.24, 2.45) is 0 Å². The summed E-state index contributed by atoms with van der Waals surface area (Å²) in [5.41, 5.74) is 0. The van der Waals surface area contributed by atoms with Crippen LogP contribution >= 0.6 is 0 Å².